The monoisotopic (exact) mass is 355 g/mol. The normalized spacial score (nSPS) is 15.5. The average Bonchev–Trinajstić information content (AvgIpc) is 2.58. The fourth-order valence-corrected chi connectivity index (χ4v) is 2.37. The maximum Gasteiger partial charge on any atom is 0.401 e. The van der Waals surface area contributed by atoms with Crippen LogP contribution in [0.5, 0.6) is 0 Å². The predicted molar refractivity (Wildman–Crippen MR) is 80.4 cm³/mol. The van der Waals surface area contributed by atoms with Crippen molar-refractivity contribution in [2.24, 2.45) is 0 Å². The van der Waals surface area contributed by atoms with Gasteiger partial charge in [-0.25, -0.2) is 4.98 Å². The summed E-state index contributed by atoms with van der Waals surface area (Å²) in [6.45, 7) is -0.598. The van der Waals surface area contributed by atoms with Crippen molar-refractivity contribution in [3.05, 3.63) is 29.6 Å². The Morgan fingerprint density at radius 3 is 2.44 bits per heavy atom. The minimum atomic E-state index is -4.25. The van der Waals surface area contributed by atoms with Gasteiger partial charge in [0.2, 0.25) is 5.91 Å². The number of nitrogens with zero attached hydrogens (tertiary/aromatic N) is 4. The average molecular weight is 355 g/mol. The first kappa shape index (κ1) is 18.7. The summed E-state index contributed by atoms with van der Waals surface area (Å²) in [6, 6.07) is 4.63. The standard InChI is InChI=1S/C15H16F3N5O2/c16-15(17,18)10-22-3-5-23(6-4-22)13(24)9-21-14(25)11-1-2-12(7-19)20-8-11/h1-2,8H,3-6,9-10H2,(H,21,25). The van der Waals surface area contributed by atoms with Crippen molar-refractivity contribution in [2.45, 2.75) is 6.18 Å². The van der Waals surface area contributed by atoms with Crippen LogP contribution in [0.15, 0.2) is 18.3 Å². The lowest BCUT2D eigenvalue weighted by atomic mass is 10.2. The highest BCUT2D eigenvalue weighted by Gasteiger charge is 2.32. The number of hydrogen-bond acceptors (Lipinski definition) is 5. The molecule has 2 rings (SSSR count). The molecule has 7 nitrogen and oxygen atoms in total. The molecule has 1 fully saturated rings. The number of aromatic nitrogens is 1. The van der Waals surface area contributed by atoms with Gasteiger partial charge in [0.1, 0.15) is 11.8 Å². The molecule has 25 heavy (non-hydrogen) atoms. The highest BCUT2D eigenvalue weighted by atomic mass is 19.4. The predicted octanol–water partition coefficient (Wildman–Crippen LogP) is 0.390. The molecule has 1 aromatic rings. The second-order valence-electron chi connectivity index (χ2n) is 5.50. The zero-order chi connectivity index (χ0) is 18.4. The molecule has 1 aliphatic rings. The summed E-state index contributed by atoms with van der Waals surface area (Å²) in [7, 11) is 0. The Bertz CT molecular complexity index is 661. The molecular formula is C15H16F3N5O2. The third-order valence-electron chi connectivity index (χ3n) is 3.67. The Morgan fingerprint density at radius 1 is 1.24 bits per heavy atom. The number of nitriles is 1. The fourth-order valence-electron chi connectivity index (χ4n) is 2.37. The minimum Gasteiger partial charge on any atom is -0.343 e. The van der Waals surface area contributed by atoms with Crippen molar-refractivity contribution < 1.29 is 22.8 Å². The van der Waals surface area contributed by atoms with Crippen molar-refractivity contribution in [3.8, 4) is 6.07 Å². The van der Waals surface area contributed by atoms with E-state index in [0.29, 0.717) is 0 Å². The van der Waals surface area contributed by atoms with Crippen LogP contribution in [0.25, 0.3) is 0 Å². The Kier molecular flexibility index (Phi) is 5.93. The summed E-state index contributed by atoms with van der Waals surface area (Å²) in [5.41, 5.74) is 0.381. The zero-order valence-electron chi connectivity index (χ0n) is 13.2. The maximum atomic E-state index is 12.3. The highest BCUT2D eigenvalue weighted by Crippen LogP contribution is 2.17. The van der Waals surface area contributed by atoms with E-state index in [1.807, 2.05) is 6.07 Å². The van der Waals surface area contributed by atoms with E-state index in [1.165, 1.54) is 28.1 Å². The van der Waals surface area contributed by atoms with E-state index in [-0.39, 0.29) is 49.9 Å². The van der Waals surface area contributed by atoms with E-state index in [2.05, 4.69) is 10.3 Å². The lowest BCUT2D eigenvalue weighted by molar-refractivity contribution is -0.151. The smallest absolute Gasteiger partial charge is 0.343 e. The van der Waals surface area contributed by atoms with E-state index < -0.39 is 18.6 Å². The van der Waals surface area contributed by atoms with Crippen molar-refractivity contribution in [2.75, 3.05) is 39.3 Å². The molecule has 1 aliphatic heterocycles. The summed E-state index contributed by atoms with van der Waals surface area (Å²) < 4.78 is 37.0. The van der Waals surface area contributed by atoms with Crippen LogP contribution in [0.4, 0.5) is 13.2 Å². The molecule has 134 valence electrons. The lowest BCUT2D eigenvalue weighted by Crippen LogP contribution is -2.52. The van der Waals surface area contributed by atoms with E-state index >= 15 is 0 Å². The van der Waals surface area contributed by atoms with Gasteiger partial charge in [0, 0.05) is 32.4 Å². The Balaban J connectivity index is 1.77. The molecule has 0 spiro atoms. The summed E-state index contributed by atoms with van der Waals surface area (Å²) in [5.74, 6) is -0.873. The summed E-state index contributed by atoms with van der Waals surface area (Å²) >= 11 is 0. The van der Waals surface area contributed by atoms with E-state index in [1.54, 1.807) is 0 Å². The number of halogens is 3. The number of nitrogens with one attached hydrogen (secondary N) is 1. The van der Waals surface area contributed by atoms with E-state index in [4.69, 9.17) is 5.26 Å². The molecule has 2 amide bonds. The lowest BCUT2D eigenvalue weighted by Gasteiger charge is -2.35. The maximum absolute atomic E-state index is 12.3. The van der Waals surface area contributed by atoms with Gasteiger partial charge in [-0.1, -0.05) is 0 Å². The van der Waals surface area contributed by atoms with Crippen LogP contribution in [0.2, 0.25) is 0 Å². The minimum absolute atomic E-state index is 0.138. The molecule has 0 saturated carbocycles. The molecule has 1 aromatic heterocycles. The van der Waals surface area contributed by atoms with Crippen molar-refractivity contribution >= 4 is 11.8 Å². The molecule has 0 atom stereocenters. The summed E-state index contributed by atoms with van der Waals surface area (Å²) in [4.78, 5) is 30.4. The van der Waals surface area contributed by atoms with Crippen molar-refractivity contribution in [1.82, 2.24) is 20.1 Å². The Labute approximate surface area is 142 Å². The zero-order valence-corrected chi connectivity index (χ0v) is 13.2. The van der Waals surface area contributed by atoms with Crippen LogP contribution in [0.3, 0.4) is 0 Å². The van der Waals surface area contributed by atoms with E-state index in [9.17, 15) is 22.8 Å². The van der Waals surface area contributed by atoms with E-state index in [0.717, 1.165) is 0 Å². The summed E-state index contributed by atoms with van der Waals surface area (Å²) in [6.07, 6.45) is -3.02. The summed E-state index contributed by atoms with van der Waals surface area (Å²) in [5, 5.41) is 11.1. The second-order valence-corrected chi connectivity index (χ2v) is 5.50. The van der Waals surface area contributed by atoms with Crippen LogP contribution in [-0.4, -0.2) is 72.0 Å². The quantitative estimate of drug-likeness (QED) is 0.844. The number of piperazine rings is 1. The van der Waals surface area contributed by atoms with Crippen molar-refractivity contribution in [1.29, 1.82) is 5.26 Å². The Hall–Kier alpha value is -2.67. The molecular weight excluding hydrogens is 339 g/mol. The van der Waals surface area contributed by atoms with Gasteiger partial charge >= 0.3 is 6.18 Å². The first-order valence-electron chi connectivity index (χ1n) is 7.50. The van der Waals surface area contributed by atoms with Crippen LogP contribution in [-0.2, 0) is 4.79 Å². The van der Waals surface area contributed by atoms with Gasteiger partial charge in [-0.15, -0.1) is 0 Å². The fraction of sp³-hybridized carbons (Fsp3) is 0.467. The second kappa shape index (κ2) is 7.94. The molecule has 0 bridgehead atoms. The highest BCUT2D eigenvalue weighted by molar-refractivity contribution is 5.96. The van der Waals surface area contributed by atoms with Gasteiger partial charge in [-0.3, -0.25) is 14.5 Å². The van der Waals surface area contributed by atoms with Gasteiger partial charge in [-0.2, -0.15) is 18.4 Å². The molecule has 2 heterocycles. The van der Waals surface area contributed by atoms with Crippen LogP contribution in [0, 0.1) is 11.3 Å². The molecule has 0 aromatic carbocycles. The SMILES string of the molecule is N#Cc1ccc(C(=O)NCC(=O)N2CCN(CC(F)(F)F)CC2)cn1. The molecule has 0 radical (unpaired) electrons. The number of rotatable bonds is 4. The number of hydrogen-bond donors (Lipinski definition) is 1. The third-order valence-corrected chi connectivity index (χ3v) is 3.67. The van der Waals surface area contributed by atoms with Crippen LogP contribution >= 0.6 is 0 Å². The van der Waals surface area contributed by atoms with Crippen LogP contribution < -0.4 is 5.32 Å². The van der Waals surface area contributed by atoms with Gasteiger partial charge < -0.3 is 10.2 Å². The number of carbonyl (C=O) groups excluding carboxylic acids is 2. The molecule has 10 heteroatoms. The third kappa shape index (κ3) is 5.72. The molecule has 0 aliphatic carbocycles. The van der Waals surface area contributed by atoms with Gasteiger partial charge in [0.25, 0.3) is 5.91 Å². The van der Waals surface area contributed by atoms with Gasteiger partial charge in [0.05, 0.1) is 18.7 Å². The van der Waals surface area contributed by atoms with Crippen molar-refractivity contribution in [3.63, 3.8) is 0 Å². The topological polar surface area (TPSA) is 89.3 Å². The molecule has 1 N–H and O–H groups in total. The van der Waals surface area contributed by atoms with Gasteiger partial charge in [0.15, 0.2) is 0 Å². The molecule has 1 saturated heterocycles. The molecule has 0 unspecified atom stereocenters. The Morgan fingerprint density at radius 2 is 1.92 bits per heavy atom. The number of alkyl halides is 3. The number of pyridine rings is 1. The first-order valence-corrected chi connectivity index (χ1v) is 7.50. The van der Waals surface area contributed by atoms with Gasteiger partial charge in [-0.05, 0) is 12.1 Å². The largest absolute Gasteiger partial charge is 0.401 e. The van der Waals surface area contributed by atoms with Crippen LogP contribution in [0.1, 0.15) is 16.1 Å². The number of carbonyl (C=O) groups is 2. The number of amides is 2. The first-order chi connectivity index (χ1) is 11.8.